The molecule has 0 radical (unpaired) electrons. The van der Waals surface area contributed by atoms with Gasteiger partial charge in [0.15, 0.2) is 6.23 Å². The number of fused-ring (bicyclic) bond motifs is 1. The van der Waals surface area contributed by atoms with E-state index in [-0.39, 0.29) is 25.6 Å². The molecule has 2 saturated heterocycles. The average Bonchev–Trinajstić information content (AvgIpc) is 3.00. The number of hydrogen-bond acceptors (Lipinski definition) is 9. The van der Waals surface area contributed by atoms with E-state index in [1.165, 1.54) is 19.4 Å². The molecule has 2 fully saturated rings. The molecule has 1 aromatic rings. The Kier molecular flexibility index (Phi) is 6.65. The van der Waals surface area contributed by atoms with Crippen LogP contribution in [-0.2, 0) is 32.4 Å². The van der Waals surface area contributed by atoms with Gasteiger partial charge in [0, 0.05) is 18.7 Å². The largest absolute Gasteiger partial charge is 0.475 e. The molecule has 12 heteroatoms. The lowest BCUT2D eigenvalue weighted by Gasteiger charge is -2.35. The number of ether oxygens (including phenoxy) is 2. The molecule has 3 rings (SSSR count). The number of aromatic nitrogens is 2. The number of nitrogens with one attached hydrogen (secondary N) is 1. The molecule has 11 nitrogen and oxygen atoms in total. The number of terminal acetylenes is 1. The fourth-order valence-corrected chi connectivity index (χ4v) is 4.89. The first kappa shape index (κ1) is 22.5. The lowest BCUT2D eigenvalue weighted by molar-refractivity contribution is -0.140. The van der Waals surface area contributed by atoms with Gasteiger partial charge in [0.05, 0.1) is 20.3 Å². The van der Waals surface area contributed by atoms with Crippen LogP contribution in [-0.4, -0.2) is 48.1 Å². The van der Waals surface area contributed by atoms with Gasteiger partial charge in [-0.3, -0.25) is 32.7 Å². The van der Waals surface area contributed by atoms with Gasteiger partial charge in [-0.1, -0.05) is 5.92 Å². The van der Waals surface area contributed by atoms with Gasteiger partial charge in [0.2, 0.25) is 0 Å². The molecule has 0 amide bonds. The van der Waals surface area contributed by atoms with Crippen molar-refractivity contribution in [2.24, 2.45) is 5.41 Å². The zero-order chi connectivity index (χ0) is 21.9. The third-order valence-corrected chi connectivity index (χ3v) is 6.50. The van der Waals surface area contributed by atoms with Crippen LogP contribution in [0.2, 0.25) is 0 Å². The molecule has 2 aliphatic rings. The van der Waals surface area contributed by atoms with E-state index in [2.05, 4.69) is 15.6 Å². The second-order valence-corrected chi connectivity index (χ2v) is 8.73. The molecule has 0 saturated carbocycles. The Hall–Kier alpha value is -2.22. The van der Waals surface area contributed by atoms with Crippen LogP contribution >= 0.6 is 7.82 Å². The van der Waals surface area contributed by atoms with Crippen LogP contribution in [0.3, 0.4) is 0 Å². The van der Waals surface area contributed by atoms with Crippen LogP contribution in [0.15, 0.2) is 21.9 Å². The lowest BCUT2D eigenvalue weighted by Crippen LogP contribution is -2.43. The number of rotatable bonds is 7. The summed E-state index contributed by atoms with van der Waals surface area (Å²) in [7, 11) is -2.62. The summed E-state index contributed by atoms with van der Waals surface area (Å²) in [6.07, 6.45) is 5.62. The number of carbonyl (C=O) groups is 1. The number of hydrogen-bond donors (Lipinski definition) is 1. The molecule has 0 aromatic carbocycles. The van der Waals surface area contributed by atoms with E-state index >= 15 is 0 Å². The van der Waals surface area contributed by atoms with E-state index in [1.807, 2.05) is 0 Å². The minimum atomic E-state index is -3.92. The van der Waals surface area contributed by atoms with Gasteiger partial charge in [-0.2, -0.15) is 0 Å². The standard InChI is InChI=1S/C18H23N2O9P/c1-4-18(2)15-12(28-16(18)20-9-8-13(21)19-17(20)23)11-27-30(24,29-15)26-10-6-5-7-14(22)25-3/h1,8-9,12,15-16H,5-7,10-11H2,2-3H3,(H,19,21,23)/t12-,15-,16-,18-,30+/m1/s1. The Labute approximate surface area is 172 Å². The van der Waals surface area contributed by atoms with Crippen LogP contribution < -0.4 is 11.2 Å². The van der Waals surface area contributed by atoms with Crippen molar-refractivity contribution in [2.75, 3.05) is 20.3 Å². The van der Waals surface area contributed by atoms with Crippen molar-refractivity contribution in [2.45, 2.75) is 44.6 Å². The topological polar surface area (TPSA) is 135 Å². The highest BCUT2D eigenvalue weighted by Crippen LogP contribution is 2.60. The Morgan fingerprint density at radius 2 is 2.23 bits per heavy atom. The Balaban J connectivity index is 1.70. The van der Waals surface area contributed by atoms with E-state index < -0.39 is 42.9 Å². The fourth-order valence-electron chi connectivity index (χ4n) is 3.38. The highest BCUT2D eigenvalue weighted by atomic mass is 31.2. The first-order valence-electron chi connectivity index (χ1n) is 9.31. The molecule has 3 heterocycles. The van der Waals surface area contributed by atoms with Crippen molar-refractivity contribution in [1.29, 1.82) is 0 Å². The molecule has 2 aliphatic heterocycles. The molecule has 30 heavy (non-hydrogen) atoms. The smallest absolute Gasteiger partial charge is 0.469 e. The molecule has 0 spiro atoms. The normalized spacial score (nSPS) is 32.9. The number of esters is 1. The summed E-state index contributed by atoms with van der Waals surface area (Å²) in [6.45, 7) is 1.56. The number of nitrogens with zero attached hydrogens (tertiary/aromatic N) is 1. The SMILES string of the molecule is C#C[C@]1(C)[C@@H]2O[P@@](=O)(OCCCCC(=O)OC)OC[C@H]2O[C@H]1n1ccc(=O)[nH]c1=O. The predicted octanol–water partition coefficient (Wildman–Crippen LogP) is 0.957. The zero-order valence-electron chi connectivity index (χ0n) is 16.6. The van der Waals surface area contributed by atoms with Gasteiger partial charge in [-0.25, -0.2) is 9.36 Å². The zero-order valence-corrected chi connectivity index (χ0v) is 17.5. The summed E-state index contributed by atoms with van der Waals surface area (Å²) in [6, 6.07) is 1.17. The van der Waals surface area contributed by atoms with E-state index in [9.17, 15) is 18.9 Å². The quantitative estimate of drug-likeness (QED) is 0.283. The maximum atomic E-state index is 12.9. The van der Waals surface area contributed by atoms with E-state index in [0.29, 0.717) is 12.8 Å². The van der Waals surface area contributed by atoms with Gasteiger partial charge in [0.1, 0.15) is 17.6 Å². The monoisotopic (exact) mass is 442 g/mol. The van der Waals surface area contributed by atoms with E-state index in [4.69, 9.17) is 24.7 Å². The first-order chi connectivity index (χ1) is 14.2. The number of phosphoric ester groups is 1. The molecule has 1 N–H and O–H groups in total. The number of carbonyl (C=O) groups excluding carboxylic acids is 1. The number of methoxy groups -OCH3 is 1. The predicted molar refractivity (Wildman–Crippen MR) is 102 cm³/mol. The molecule has 0 bridgehead atoms. The molecule has 164 valence electrons. The highest BCUT2D eigenvalue weighted by Gasteiger charge is 2.60. The summed E-state index contributed by atoms with van der Waals surface area (Å²) >= 11 is 0. The lowest BCUT2D eigenvalue weighted by atomic mass is 9.83. The van der Waals surface area contributed by atoms with Crippen molar-refractivity contribution in [3.8, 4) is 12.3 Å². The first-order valence-corrected chi connectivity index (χ1v) is 10.8. The Morgan fingerprint density at radius 3 is 2.90 bits per heavy atom. The summed E-state index contributed by atoms with van der Waals surface area (Å²) in [4.78, 5) is 36.8. The Morgan fingerprint density at radius 1 is 1.47 bits per heavy atom. The third-order valence-electron chi connectivity index (χ3n) is 5.05. The van der Waals surface area contributed by atoms with Gasteiger partial charge in [0.25, 0.3) is 5.56 Å². The number of H-pyrrole nitrogens is 1. The van der Waals surface area contributed by atoms with Crippen LogP contribution in [0.1, 0.15) is 32.4 Å². The maximum Gasteiger partial charge on any atom is 0.475 e. The molecule has 1 aromatic heterocycles. The van der Waals surface area contributed by atoms with Gasteiger partial charge in [-0.05, 0) is 19.8 Å². The van der Waals surface area contributed by atoms with Crippen LogP contribution in [0.25, 0.3) is 0 Å². The van der Waals surface area contributed by atoms with Crippen LogP contribution in [0.4, 0.5) is 0 Å². The van der Waals surface area contributed by atoms with Crippen molar-refractivity contribution in [1.82, 2.24) is 9.55 Å². The molecular weight excluding hydrogens is 419 g/mol. The van der Waals surface area contributed by atoms with E-state index in [1.54, 1.807) is 6.92 Å². The second kappa shape index (κ2) is 8.88. The van der Waals surface area contributed by atoms with Crippen molar-refractivity contribution in [3.63, 3.8) is 0 Å². The van der Waals surface area contributed by atoms with Gasteiger partial charge >= 0.3 is 19.5 Å². The van der Waals surface area contributed by atoms with Crippen molar-refractivity contribution >= 4 is 13.8 Å². The maximum absolute atomic E-state index is 12.9. The minimum Gasteiger partial charge on any atom is -0.469 e. The molecule has 0 aliphatic carbocycles. The highest BCUT2D eigenvalue weighted by molar-refractivity contribution is 7.48. The average molecular weight is 442 g/mol. The fraction of sp³-hybridized carbons (Fsp3) is 0.611. The summed E-state index contributed by atoms with van der Waals surface area (Å²) in [5.74, 6) is 2.24. The summed E-state index contributed by atoms with van der Waals surface area (Å²) in [5, 5.41) is 0. The van der Waals surface area contributed by atoms with Crippen LogP contribution in [0, 0.1) is 17.8 Å². The molecule has 5 atom stereocenters. The second-order valence-electron chi connectivity index (χ2n) is 7.11. The summed E-state index contributed by atoms with van der Waals surface area (Å²) in [5.41, 5.74) is -2.45. The number of unbranched alkanes of at least 4 members (excludes halogenated alkanes) is 1. The van der Waals surface area contributed by atoms with Crippen molar-refractivity contribution in [3.05, 3.63) is 33.1 Å². The van der Waals surface area contributed by atoms with Gasteiger partial charge in [-0.15, -0.1) is 6.42 Å². The third kappa shape index (κ3) is 4.43. The summed E-state index contributed by atoms with van der Waals surface area (Å²) < 4.78 is 40.7. The number of phosphoric acid groups is 1. The molecular formula is C18H23N2O9P. The van der Waals surface area contributed by atoms with E-state index in [0.717, 1.165) is 4.57 Å². The number of aromatic amines is 1. The molecule has 0 unspecified atom stereocenters. The van der Waals surface area contributed by atoms with Gasteiger partial charge < -0.3 is 9.47 Å². The van der Waals surface area contributed by atoms with Crippen LogP contribution in [0.5, 0.6) is 0 Å². The Bertz CT molecular complexity index is 996. The minimum absolute atomic E-state index is 0.0437. The van der Waals surface area contributed by atoms with Crippen molar-refractivity contribution < 1.29 is 32.4 Å².